The van der Waals surface area contributed by atoms with Crippen LogP contribution in [0.15, 0.2) is 51.3 Å². The van der Waals surface area contributed by atoms with Crippen LogP contribution in [0.1, 0.15) is 33.0 Å². The SMILES string of the molecule is CS(=O)(=O)c1cccc(NC2=NCc3cc(C(=O)N4CCC(O)C4)sc3/C=C\CC=N2)c1. The van der Waals surface area contributed by atoms with Crippen molar-refractivity contribution in [3.8, 4) is 0 Å². The van der Waals surface area contributed by atoms with Crippen LogP contribution in [0.5, 0.6) is 0 Å². The summed E-state index contributed by atoms with van der Waals surface area (Å²) in [6.45, 7) is 1.24. The fourth-order valence-corrected chi connectivity index (χ4v) is 5.22. The number of amides is 1. The minimum absolute atomic E-state index is 0.0708. The van der Waals surface area contributed by atoms with Gasteiger partial charge in [-0.25, -0.2) is 18.4 Å². The molecule has 2 aliphatic heterocycles. The van der Waals surface area contributed by atoms with E-state index in [9.17, 15) is 18.3 Å². The van der Waals surface area contributed by atoms with Gasteiger partial charge >= 0.3 is 0 Å². The molecule has 2 aromatic rings. The van der Waals surface area contributed by atoms with Gasteiger partial charge < -0.3 is 15.3 Å². The van der Waals surface area contributed by atoms with Crippen LogP contribution in [0.4, 0.5) is 5.69 Å². The molecule has 2 aliphatic rings. The lowest BCUT2D eigenvalue weighted by Gasteiger charge is -2.13. The molecule has 168 valence electrons. The van der Waals surface area contributed by atoms with Gasteiger partial charge in [0.05, 0.1) is 22.4 Å². The molecular weight excluding hydrogens is 448 g/mol. The lowest BCUT2D eigenvalue weighted by molar-refractivity contribution is 0.0769. The molecule has 1 atom stereocenters. The zero-order chi connectivity index (χ0) is 22.7. The molecule has 1 saturated heterocycles. The zero-order valence-corrected chi connectivity index (χ0v) is 19.2. The molecule has 10 heteroatoms. The third kappa shape index (κ3) is 5.32. The van der Waals surface area contributed by atoms with Crippen LogP contribution in [0.25, 0.3) is 6.08 Å². The second kappa shape index (κ2) is 9.35. The number of hydrogen-bond donors (Lipinski definition) is 2. The third-order valence-electron chi connectivity index (χ3n) is 5.14. The standard InChI is InChI=1S/C22H24N4O4S2/c1-32(29,30)18-6-4-5-16(12-18)25-22-23-9-3-2-7-19-15(13-24-22)11-20(31-19)21(28)26-10-8-17(27)14-26/h2,4-7,9,11-12,17,27H,3,8,10,13-14H2,1H3,(H,24,25)/b7-2-,23-9?. The molecule has 0 aliphatic carbocycles. The van der Waals surface area contributed by atoms with E-state index in [0.29, 0.717) is 49.0 Å². The number of allylic oxidation sites excluding steroid dienone is 1. The Morgan fingerprint density at radius 3 is 2.91 bits per heavy atom. The highest BCUT2D eigenvalue weighted by Gasteiger charge is 2.27. The number of thiophene rings is 1. The van der Waals surface area contributed by atoms with E-state index in [-0.39, 0.29) is 10.8 Å². The molecular formula is C22H24N4O4S2. The topological polar surface area (TPSA) is 111 Å². The van der Waals surface area contributed by atoms with E-state index < -0.39 is 15.9 Å². The first-order chi connectivity index (χ1) is 15.3. The van der Waals surface area contributed by atoms with Crippen molar-refractivity contribution in [3.05, 3.63) is 51.7 Å². The number of carbonyl (C=O) groups excluding carboxylic acids is 1. The van der Waals surface area contributed by atoms with Crippen molar-refractivity contribution in [1.29, 1.82) is 0 Å². The first-order valence-corrected chi connectivity index (χ1v) is 12.9. The number of nitrogens with zero attached hydrogens (tertiary/aromatic N) is 3. The largest absolute Gasteiger partial charge is 0.391 e. The van der Waals surface area contributed by atoms with Crippen LogP contribution < -0.4 is 5.32 Å². The van der Waals surface area contributed by atoms with E-state index in [1.807, 2.05) is 18.2 Å². The van der Waals surface area contributed by atoms with Crippen molar-refractivity contribution in [3.63, 3.8) is 0 Å². The number of aliphatic hydroxyl groups excluding tert-OH is 1. The number of fused-ring (bicyclic) bond motifs is 1. The minimum atomic E-state index is -3.32. The predicted octanol–water partition coefficient (Wildman–Crippen LogP) is 2.81. The minimum Gasteiger partial charge on any atom is -0.391 e. The molecule has 0 saturated carbocycles. The molecule has 2 N–H and O–H groups in total. The Labute approximate surface area is 190 Å². The maximum absolute atomic E-state index is 12.8. The number of likely N-dealkylation sites (tertiary alicyclic amines) is 1. The highest BCUT2D eigenvalue weighted by Crippen LogP contribution is 2.28. The lowest BCUT2D eigenvalue weighted by Crippen LogP contribution is -2.28. The summed E-state index contributed by atoms with van der Waals surface area (Å²) in [7, 11) is -3.32. The molecule has 0 radical (unpaired) electrons. The first-order valence-electron chi connectivity index (χ1n) is 10.2. The molecule has 8 nitrogen and oxygen atoms in total. The number of guanidine groups is 1. The van der Waals surface area contributed by atoms with E-state index in [4.69, 9.17) is 0 Å². The monoisotopic (exact) mass is 472 g/mol. The Bertz CT molecular complexity index is 1210. The van der Waals surface area contributed by atoms with Gasteiger partial charge in [-0.2, -0.15) is 0 Å². The molecule has 32 heavy (non-hydrogen) atoms. The van der Waals surface area contributed by atoms with E-state index >= 15 is 0 Å². The van der Waals surface area contributed by atoms with Gasteiger partial charge in [0.2, 0.25) is 5.96 Å². The highest BCUT2D eigenvalue weighted by atomic mass is 32.2. The van der Waals surface area contributed by atoms with Crippen LogP contribution in [-0.4, -0.2) is 62.0 Å². The normalized spacial score (nSPS) is 19.9. The van der Waals surface area contributed by atoms with Crippen LogP contribution in [0, 0.1) is 0 Å². The molecule has 4 rings (SSSR count). The quantitative estimate of drug-likeness (QED) is 0.714. The van der Waals surface area contributed by atoms with Crippen LogP contribution in [0.3, 0.4) is 0 Å². The van der Waals surface area contributed by atoms with Crippen molar-refractivity contribution >= 4 is 51.0 Å². The maximum atomic E-state index is 12.8. The van der Waals surface area contributed by atoms with Crippen molar-refractivity contribution in [2.75, 3.05) is 24.7 Å². The zero-order valence-electron chi connectivity index (χ0n) is 17.6. The first kappa shape index (κ1) is 22.4. The molecule has 0 spiro atoms. The Morgan fingerprint density at radius 2 is 2.16 bits per heavy atom. The number of benzene rings is 1. The molecule has 1 unspecified atom stereocenters. The van der Waals surface area contributed by atoms with Gasteiger partial charge in [-0.3, -0.25) is 4.79 Å². The Morgan fingerprint density at radius 1 is 1.31 bits per heavy atom. The number of nitrogens with one attached hydrogen (secondary N) is 1. The van der Waals surface area contributed by atoms with Crippen molar-refractivity contribution in [2.24, 2.45) is 9.98 Å². The molecule has 1 aromatic carbocycles. The number of anilines is 1. The summed E-state index contributed by atoms with van der Waals surface area (Å²) in [5.74, 6) is 0.289. The van der Waals surface area contributed by atoms with Gasteiger partial charge in [0.25, 0.3) is 5.91 Å². The molecule has 0 bridgehead atoms. The van der Waals surface area contributed by atoms with E-state index in [1.54, 1.807) is 35.4 Å². The van der Waals surface area contributed by atoms with Crippen molar-refractivity contribution < 1.29 is 18.3 Å². The molecule has 3 heterocycles. The van der Waals surface area contributed by atoms with Crippen LogP contribution in [0.2, 0.25) is 0 Å². The molecule has 1 fully saturated rings. The number of aliphatic hydroxyl groups is 1. The fraction of sp³-hybridized carbons (Fsp3) is 0.318. The van der Waals surface area contributed by atoms with Gasteiger partial charge in [-0.15, -0.1) is 11.3 Å². The highest BCUT2D eigenvalue weighted by molar-refractivity contribution is 7.90. The smallest absolute Gasteiger partial charge is 0.264 e. The number of sulfone groups is 1. The summed E-state index contributed by atoms with van der Waals surface area (Å²) in [4.78, 5) is 25.2. The van der Waals surface area contributed by atoms with Gasteiger partial charge in [0, 0.05) is 42.5 Å². The Kier molecular flexibility index (Phi) is 6.54. The number of carbonyl (C=O) groups is 1. The number of rotatable bonds is 3. The predicted molar refractivity (Wildman–Crippen MR) is 127 cm³/mol. The van der Waals surface area contributed by atoms with Gasteiger partial charge in [-0.05, 0) is 42.3 Å². The van der Waals surface area contributed by atoms with E-state index in [2.05, 4.69) is 15.3 Å². The van der Waals surface area contributed by atoms with E-state index in [0.717, 1.165) is 16.7 Å². The van der Waals surface area contributed by atoms with Crippen LogP contribution >= 0.6 is 11.3 Å². The second-order valence-corrected chi connectivity index (χ2v) is 10.8. The summed E-state index contributed by atoms with van der Waals surface area (Å²) in [5.41, 5.74) is 1.49. The van der Waals surface area contributed by atoms with Gasteiger partial charge in [0.15, 0.2) is 9.84 Å². The number of β-amino-alcohol motifs (C(OH)–C–C–N with tert-alkyl or cyclic N) is 1. The summed E-state index contributed by atoms with van der Waals surface area (Å²) in [5, 5.41) is 12.8. The van der Waals surface area contributed by atoms with Gasteiger partial charge in [-0.1, -0.05) is 12.1 Å². The Balaban J connectivity index is 1.56. The van der Waals surface area contributed by atoms with Crippen LogP contribution in [-0.2, 0) is 16.4 Å². The maximum Gasteiger partial charge on any atom is 0.264 e. The average Bonchev–Trinajstić information content (AvgIpc) is 3.37. The fourth-order valence-electron chi connectivity index (χ4n) is 3.48. The summed E-state index contributed by atoms with van der Waals surface area (Å²) in [6, 6.07) is 8.36. The summed E-state index contributed by atoms with van der Waals surface area (Å²) >= 11 is 1.42. The average molecular weight is 473 g/mol. The number of hydrogen-bond acceptors (Lipinski definition) is 8. The van der Waals surface area contributed by atoms with E-state index in [1.165, 1.54) is 11.3 Å². The number of aliphatic imine (C=N–C) groups is 2. The summed E-state index contributed by atoms with van der Waals surface area (Å²) < 4.78 is 23.7. The third-order valence-corrected chi connectivity index (χ3v) is 7.39. The Hall–Kier alpha value is -2.82. The van der Waals surface area contributed by atoms with Crippen molar-refractivity contribution in [1.82, 2.24) is 4.90 Å². The summed E-state index contributed by atoms with van der Waals surface area (Å²) in [6.07, 6.45) is 7.57. The lowest BCUT2D eigenvalue weighted by atomic mass is 10.2. The van der Waals surface area contributed by atoms with Crippen molar-refractivity contribution in [2.45, 2.75) is 30.4 Å². The molecule has 1 amide bonds. The molecule has 1 aromatic heterocycles. The second-order valence-electron chi connectivity index (χ2n) is 7.71. The van der Waals surface area contributed by atoms with Gasteiger partial charge in [0.1, 0.15) is 0 Å².